The number of hydrogen-bond donors (Lipinski definition) is 1. The average molecular weight is 300 g/mol. The summed E-state index contributed by atoms with van der Waals surface area (Å²) in [5, 5.41) is -0.330. The second kappa shape index (κ2) is 5.72. The van der Waals surface area contributed by atoms with Crippen molar-refractivity contribution in [1.82, 2.24) is 9.62 Å². The molecule has 1 aromatic carbocycles. The molecule has 2 amide bonds. The van der Waals surface area contributed by atoms with Gasteiger partial charge in [-0.05, 0) is 12.1 Å². The molecule has 102 valence electrons. The third-order valence-electron chi connectivity index (χ3n) is 2.52. The van der Waals surface area contributed by atoms with Crippen molar-refractivity contribution in [3.63, 3.8) is 0 Å². The van der Waals surface area contributed by atoms with Crippen LogP contribution in [0.2, 0.25) is 0 Å². The lowest BCUT2D eigenvalue weighted by atomic mass is 10.4. The van der Waals surface area contributed by atoms with Gasteiger partial charge in [0.05, 0.1) is 10.6 Å². The lowest BCUT2D eigenvalue weighted by Crippen LogP contribution is -2.37. The Bertz CT molecular complexity index is 570. The van der Waals surface area contributed by atoms with Gasteiger partial charge in [-0.2, -0.15) is 0 Å². The number of sulfonamides is 1. The molecule has 1 aliphatic heterocycles. The van der Waals surface area contributed by atoms with E-state index in [1.807, 2.05) is 0 Å². The first-order valence-corrected chi connectivity index (χ1v) is 7.99. The van der Waals surface area contributed by atoms with E-state index in [1.165, 1.54) is 12.1 Å². The Morgan fingerprint density at radius 2 is 1.89 bits per heavy atom. The molecule has 1 aromatic rings. The summed E-state index contributed by atoms with van der Waals surface area (Å²) in [7, 11) is -3.59. The minimum absolute atomic E-state index is 0.00919. The zero-order chi connectivity index (χ0) is 13.9. The molecule has 0 unspecified atom stereocenters. The molecule has 8 heteroatoms. The predicted octanol–water partition coefficient (Wildman–Crippen LogP) is 0.660. The van der Waals surface area contributed by atoms with Crippen LogP contribution < -0.4 is 4.72 Å². The van der Waals surface area contributed by atoms with Gasteiger partial charge in [0.25, 0.3) is 5.24 Å². The zero-order valence-electron chi connectivity index (χ0n) is 9.90. The molecule has 19 heavy (non-hydrogen) atoms. The quantitative estimate of drug-likeness (QED) is 0.863. The minimum Gasteiger partial charge on any atom is -0.273 e. The Morgan fingerprint density at radius 3 is 2.47 bits per heavy atom. The van der Waals surface area contributed by atoms with Gasteiger partial charge in [-0.3, -0.25) is 14.5 Å². The van der Waals surface area contributed by atoms with E-state index in [1.54, 1.807) is 18.2 Å². The fourth-order valence-corrected chi connectivity index (χ4v) is 3.37. The first kappa shape index (κ1) is 14.0. The summed E-state index contributed by atoms with van der Waals surface area (Å²) >= 11 is 0.928. The summed E-state index contributed by atoms with van der Waals surface area (Å²) in [5.41, 5.74) is 0. The van der Waals surface area contributed by atoms with Crippen LogP contribution in [0.3, 0.4) is 0 Å². The van der Waals surface area contributed by atoms with Crippen molar-refractivity contribution in [1.29, 1.82) is 0 Å². The molecule has 1 saturated heterocycles. The van der Waals surface area contributed by atoms with Gasteiger partial charge in [-0.1, -0.05) is 30.0 Å². The third kappa shape index (κ3) is 3.34. The van der Waals surface area contributed by atoms with Gasteiger partial charge in [-0.15, -0.1) is 0 Å². The number of carbonyl (C=O) groups excluding carboxylic acids is 2. The third-order valence-corrected chi connectivity index (χ3v) is 4.86. The molecule has 0 bridgehead atoms. The van der Waals surface area contributed by atoms with E-state index >= 15 is 0 Å². The van der Waals surface area contributed by atoms with E-state index in [2.05, 4.69) is 4.72 Å². The Labute approximate surface area is 115 Å². The second-order valence-electron chi connectivity index (χ2n) is 3.81. The van der Waals surface area contributed by atoms with Crippen LogP contribution in [0.4, 0.5) is 4.79 Å². The van der Waals surface area contributed by atoms with Gasteiger partial charge >= 0.3 is 0 Å². The number of nitrogens with one attached hydrogen (secondary N) is 1. The molecule has 0 atom stereocenters. The molecule has 1 N–H and O–H groups in total. The van der Waals surface area contributed by atoms with Crippen molar-refractivity contribution in [2.45, 2.75) is 4.90 Å². The number of nitrogens with zero attached hydrogens (tertiary/aromatic N) is 1. The van der Waals surface area contributed by atoms with Crippen molar-refractivity contribution in [2.75, 3.05) is 18.8 Å². The fraction of sp³-hybridized carbons (Fsp3) is 0.273. The minimum atomic E-state index is -3.59. The first-order valence-electron chi connectivity index (χ1n) is 5.52. The number of imide groups is 1. The fourth-order valence-electron chi connectivity index (χ4n) is 1.57. The van der Waals surface area contributed by atoms with E-state index in [-0.39, 0.29) is 34.9 Å². The lowest BCUT2D eigenvalue weighted by Gasteiger charge is -2.13. The molecule has 1 fully saturated rings. The summed E-state index contributed by atoms with van der Waals surface area (Å²) in [6.45, 7) is 0.0615. The highest BCUT2D eigenvalue weighted by molar-refractivity contribution is 8.14. The van der Waals surface area contributed by atoms with E-state index < -0.39 is 10.0 Å². The molecule has 0 aromatic heterocycles. The topological polar surface area (TPSA) is 83.6 Å². The van der Waals surface area contributed by atoms with Crippen LogP contribution in [0.1, 0.15) is 0 Å². The summed E-state index contributed by atoms with van der Waals surface area (Å²) in [6, 6.07) is 7.92. The lowest BCUT2D eigenvalue weighted by molar-refractivity contribution is -0.124. The van der Waals surface area contributed by atoms with E-state index in [4.69, 9.17) is 0 Å². The largest absolute Gasteiger partial charge is 0.288 e. The smallest absolute Gasteiger partial charge is 0.273 e. The normalized spacial score (nSPS) is 16.1. The molecule has 0 saturated carbocycles. The maximum Gasteiger partial charge on any atom is 0.288 e. The number of amides is 2. The predicted molar refractivity (Wildman–Crippen MR) is 71.2 cm³/mol. The van der Waals surface area contributed by atoms with Crippen LogP contribution in [0.15, 0.2) is 35.2 Å². The summed E-state index contributed by atoms with van der Waals surface area (Å²) in [5.74, 6) is -0.154. The maximum atomic E-state index is 11.9. The van der Waals surface area contributed by atoms with E-state index in [0.717, 1.165) is 16.7 Å². The van der Waals surface area contributed by atoms with Crippen LogP contribution in [0.5, 0.6) is 0 Å². The monoisotopic (exact) mass is 300 g/mol. The molecule has 2 rings (SSSR count). The van der Waals surface area contributed by atoms with Crippen molar-refractivity contribution in [3.05, 3.63) is 30.3 Å². The SMILES string of the molecule is O=C1CSC(=O)N1CCNS(=O)(=O)c1ccccc1. The van der Waals surface area contributed by atoms with Crippen molar-refractivity contribution in [3.8, 4) is 0 Å². The van der Waals surface area contributed by atoms with Gasteiger partial charge in [0.15, 0.2) is 0 Å². The van der Waals surface area contributed by atoms with Gasteiger partial charge in [0.2, 0.25) is 15.9 Å². The van der Waals surface area contributed by atoms with Crippen molar-refractivity contribution in [2.24, 2.45) is 0 Å². The summed E-state index contributed by atoms with van der Waals surface area (Å²) in [6.07, 6.45) is 0. The number of rotatable bonds is 5. The number of benzene rings is 1. The van der Waals surface area contributed by atoms with Gasteiger partial charge < -0.3 is 0 Å². The second-order valence-corrected chi connectivity index (χ2v) is 6.50. The molecule has 0 radical (unpaired) electrons. The van der Waals surface area contributed by atoms with Crippen LogP contribution >= 0.6 is 11.8 Å². The van der Waals surface area contributed by atoms with Gasteiger partial charge in [0.1, 0.15) is 0 Å². The Balaban J connectivity index is 1.93. The van der Waals surface area contributed by atoms with E-state index in [0.29, 0.717) is 0 Å². The van der Waals surface area contributed by atoms with Gasteiger partial charge in [0, 0.05) is 13.1 Å². The highest BCUT2D eigenvalue weighted by Crippen LogP contribution is 2.17. The van der Waals surface area contributed by atoms with Crippen molar-refractivity contribution < 1.29 is 18.0 Å². The Hall–Kier alpha value is -1.38. The summed E-state index contributed by atoms with van der Waals surface area (Å²) < 4.78 is 26.1. The number of thioether (sulfide) groups is 1. The molecular weight excluding hydrogens is 288 g/mol. The number of hydrogen-bond acceptors (Lipinski definition) is 5. The summed E-state index contributed by atoms with van der Waals surface area (Å²) in [4.78, 5) is 23.8. The van der Waals surface area contributed by atoms with Crippen LogP contribution in [0.25, 0.3) is 0 Å². The van der Waals surface area contributed by atoms with Crippen LogP contribution in [-0.4, -0.2) is 43.3 Å². The molecule has 0 spiro atoms. The Kier molecular flexibility index (Phi) is 4.23. The average Bonchev–Trinajstić information content (AvgIpc) is 2.71. The highest BCUT2D eigenvalue weighted by Gasteiger charge is 2.29. The zero-order valence-corrected chi connectivity index (χ0v) is 11.5. The molecule has 6 nitrogen and oxygen atoms in total. The molecular formula is C11H12N2O4S2. The van der Waals surface area contributed by atoms with Crippen LogP contribution in [-0.2, 0) is 14.8 Å². The molecule has 1 heterocycles. The van der Waals surface area contributed by atoms with Crippen LogP contribution in [0, 0.1) is 0 Å². The molecule has 1 aliphatic rings. The first-order chi connectivity index (χ1) is 9.00. The molecule has 0 aliphatic carbocycles. The maximum absolute atomic E-state index is 11.9. The highest BCUT2D eigenvalue weighted by atomic mass is 32.2. The standard InChI is InChI=1S/C11H12N2O4S2/c14-10-8-18-11(15)13(10)7-6-12-19(16,17)9-4-2-1-3-5-9/h1-5,12H,6-8H2. The van der Waals surface area contributed by atoms with E-state index in [9.17, 15) is 18.0 Å². The van der Waals surface area contributed by atoms with Crippen molar-refractivity contribution >= 4 is 32.9 Å². The van der Waals surface area contributed by atoms with Gasteiger partial charge in [-0.25, -0.2) is 13.1 Å². The number of carbonyl (C=O) groups is 2. The Morgan fingerprint density at radius 1 is 1.21 bits per heavy atom.